The Morgan fingerprint density at radius 1 is 1.23 bits per heavy atom. The number of aromatic amines is 1. The van der Waals surface area contributed by atoms with E-state index in [1.165, 1.54) is 12.1 Å². The van der Waals surface area contributed by atoms with Crippen LogP contribution in [0.4, 0.5) is 4.39 Å². The van der Waals surface area contributed by atoms with Crippen molar-refractivity contribution in [3.63, 3.8) is 0 Å². The number of hydrogen-bond donors (Lipinski definition) is 2. The normalized spacial score (nSPS) is 22.7. The second-order valence-corrected chi connectivity index (χ2v) is 8.60. The van der Waals surface area contributed by atoms with Crippen LogP contribution in [0.25, 0.3) is 10.8 Å². The summed E-state index contributed by atoms with van der Waals surface area (Å²) in [6, 6.07) is 11.9. The monoisotopic (exact) mass is 428 g/mol. The van der Waals surface area contributed by atoms with E-state index >= 15 is 0 Å². The summed E-state index contributed by atoms with van der Waals surface area (Å²) in [6.07, 6.45) is 5.94. The number of aromatic nitrogens is 1. The number of fused-ring (bicyclic) bond motifs is 1. The molecule has 2 aromatic carbocycles. The Kier molecular flexibility index (Phi) is 5.85. The molecule has 3 aromatic rings. The van der Waals surface area contributed by atoms with Gasteiger partial charge in [-0.05, 0) is 79.3 Å². The number of nitrogens with one attached hydrogen (secondary N) is 1. The lowest BCUT2D eigenvalue weighted by molar-refractivity contribution is 0.00753. The second-order valence-electron chi connectivity index (χ2n) is 8.19. The van der Waals surface area contributed by atoms with Crippen LogP contribution < -0.4 is 16.0 Å². The van der Waals surface area contributed by atoms with E-state index in [1.54, 1.807) is 24.4 Å². The maximum Gasteiger partial charge on any atom is 0.255 e. The summed E-state index contributed by atoms with van der Waals surface area (Å²) >= 11 is 6.51. The lowest BCUT2D eigenvalue weighted by Gasteiger charge is -2.42. The second kappa shape index (κ2) is 8.40. The number of hydrogen-bond acceptors (Lipinski definition) is 3. The van der Waals surface area contributed by atoms with Crippen LogP contribution in [-0.4, -0.2) is 11.0 Å². The predicted octanol–water partition coefficient (Wildman–Crippen LogP) is 5.52. The molecule has 1 heterocycles. The third-order valence-corrected chi connectivity index (χ3v) is 6.71. The molecular formula is C24H26ClFN2O2. The summed E-state index contributed by atoms with van der Waals surface area (Å²) in [5.74, 6) is 0.689. The summed E-state index contributed by atoms with van der Waals surface area (Å²) in [6.45, 7) is 2.11. The van der Waals surface area contributed by atoms with Crippen molar-refractivity contribution in [2.45, 2.75) is 50.7 Å². The fraction of sp³-hybridized carbons (Fsp3) is 0.375. The SMILES string of the molecule is CC[C@H](N)C1CCC(Oc2cc3cc[nH]c(=O)c3cc2Cl)(c2ccc(F)cc2)CC1. The molecule has 0 radical (unpaired) electrons. The highest BCUT2D eigenvalue weighted by Crippen LogP contribution is 2.45. The van der Waals surface area contributed by atoms with E-state index in [0.717, 1.165) is 43.1 Å². The molecule has 1 atom stereocenters. The molecule has 0 aliphatic heterocycles. The fourth-order valence-electron chi connectivity index (χ4n) is 4.55. The first-order chi connectivity index (χ1) is 14.4. The lowest BCUT2D eigenvalue weighted by Crippen LogP contribution is -2.41. The van der Waals surface area contributed by atoms with E-state index in [0.29, 0.717) is 22.1 Å². The van der Waals surface area contributed by atoms with E-state index in [2.05, 4.69) is 11.9 Å². The van der Waals surface area contributed by atoms with Crippen LogP contribution in [0.1, 0.15) is 44.6 Å². The fourth-order valence-corrected chi connectivity index (χ4v) is 4.75. The molecule has 1 aliphatic carbocycles. The molecule has 158 valence electrons. The van der Waals surface area contributed by atoms with Crippen molar-refractivity contribution >= 4 is 22.4 Å². The highest BCUT2D eigenvalue weighted by atomic mass is 35.5. The Morgan fingerprint density at radius 3 is 2.60 bits per heavy atom. The highest BCUT2D eigenvalue weighted by molar-refractivity contribution is 6.32. The van der Waals surface area contributed by atoms with Gasteiger partial charge in [-0.1, -0.05) is 30.7 Å². The van der Waals surface area contributed by atoms with Crippen LogP contribution in [0.15, 0.2) is 53.5 Å². The van der Waals surface area contributed by atoms with Gasteiger partial charge in [0.25, 0.3) is 5.56 Å². The van der Waals surface area contributed by atoms with Crippen molar-refractivity contribution in [2.24, 2.45) is 11.7 Å². The van der Waals surface area contributed by atoms with Crippen LogP contribution in [0.5, 0.6) is 5.75 Å². The first kappa shape index (κ1) is 20.9. The highest BCUT2D eigenvalue weighted by Gasteiger charge is 2.40. The summed E-state index contributed by atoms with van der Waals surface area (Å²) < 4.78 is 20.2. The Hall–Kier alpha value is -2.37. The first-order valence-electron chi connectivity index (χ1n) is 10.4. The van der Waals surface area contributed by atoms with Crippen LogP contribution in [-0.2, 0) is 5.60 Å². The van der Waals surface area contributed by atoms with Crippen molar-refractivity contribution in [3.05, 3.63) is 75.4 Å². The zero-order valence-corrected chi connectivity index (χ0v) is 17.7. The molecule has 0 bridgehead atoms. The number of nitrogens with two attached hydrogens (primary N) is 1. The van der Waals surface area contributed by atoms with Gasteiger partial charge in [-0.2, -0.15) is 0 Å². The van der Waals surface area contributed by atoms with E-state index in [4.69, 9.17) is 22.1 Å². The molecular weight excluding hydrogens is 403 g/mol. The molecule has 1 aliphatic rings. The summed E-state index contributed by atoms with van der Waals surface area (Å²) in [4.78, 5) is 14.7. The number of H-pyrrole nitrogens is 1. The molecule has 0 amide bonds. The van der Waals surface area contributed by atoms with Gasteiger partial charge in [0.05, 0.1) is 5.02 Å². The summed E-state index contributed by atoms with van der Waals surface area (Å²) in [7, 11) is 0. The Balaban J connectivity index is 1.72. The van der Waals surface area contributed by atoms with E-state index in [1.807, 2.05) is 12.1 Å². The molecule has 4 nitrogen and oxygen atoms in total. The average molecular weight is 429 g/mol. The number of rotatable bonds is 5. The molecule has 6 heteroatoms. The predicted molar refractivity (Wildman–Crippen MR) is 119 cm³/mol. The molecule has 4 rings (SSSR count). The van der Waals surface area contributed by atoms with E-state index in [-0.39, 0.29) is 17.4 Å². The molecule has 1 aromatic heterocycles. The average Bonchev–Trinajstić information content (AvgIpc) is 2.75. The number of halogens is 2. The number of benzene rings is 2. The Bertz CT molecular complexity index is 1090. The van der Waals surface area contributed by atoms with Gasteiger partial charge in [-0.25, -0.2) is 4.39 Å². The maximum absolute atomic E-state index is 13.6. The van der Waals surface area contributed by atoms with Crippen molar-refractivity contribution < 1.29 is 9.13 Å². The van der Waals surface area contributed by atoms with Crippen LogP contribution in [0.2, 0.25) is 5.02 Å². The third-order valence-electron chi connectivity index (χ3n) is 6.42. The van der Waals surface area contributed by atoms with Gasteiger partial charge in [0, 0.05) is 17.6 Å². The topological polar surface area (TPSA) is 68.1 Å². The minimum atomic E-state index is -0.615. The van der Waals surface area contributed by atoms with Crippen LogP contribution in [0, 0.1) is 11.7 Å². The molecule has 3 N–H and O–H groups in total. The largest absolute Gasteiger partial charge is 0.481 e. The molecule has 1 fully saturated rings. The zero-order chi connectivity index (χ0) is 21.3. The first-order valence-corrected chi connectivity index (χ1v) is 10.8. The lowest BCUT2D eigenvalue weighted by atomic mass is 9.72. The van der Waals surface area contributed by atoms with Crippen LogP contribution in [0.3, 0.4) is 0 Å². The van der Waals surface area contributed by atoms with Gasteiger partial charge in [-0.15, -0.1) is 0 Å². The number of ether oxygens (including phenoxy) is 1. The standard InChI is InChI=1S/C24H26ClFN2O2/c1-2-21(27)15-7-10-24(11-8-15,17-3-5-18(26)6-4-17)30-22-13-16-9-12-28-23(29)19(16)14-20(22)25/h3-6,9,12-15,21H,2,7-8,10-11,27H2,1H3,(H,28,29)/t15?,21-,24?/m0/s1. The van der Waals surface area contributed by atoms with Crippen LogP contribution >= 0.6 is 11.6 Å². The minimum absolute atomic E-state index is 0.173. The van der Waals surface area contributed by atoms with Gasteiger partial charge < -0.3 is 15.5 Å². The van der Waals surface area contributed by atoms with Crippen molar-refractivity contribution in [1.82, 2.24) is 4.98 Å². The Morgan fingerprint density at radius 2 is 1.93 bits per heavy atom. The molecule has 0 spiro atoms. The van der Waals surface area contributed by atoms with Gasteiger partial charge in [0.2, 0.25) is 0 Å². The van der Waals surface area contributed by atoms with Gasteiger partial charge in [-0.3, -0.25) is 4.79 Å². The summed E-state index contributed by atoms with van der Waals surface area (Å²) in [5, 5.41) is 1.66. The Labute approximate surface area is 180 Å². The summed E-state index contributed by atoms with van der Waals surface area (Å²) in [5.41, 5.74) is 6.42. The number of pyridine rings is 1. The molecule has 0 saturated heterocycles. The van der Waals surface area contributed by atoms with E-state index in [9.17, 15) is 9.18 Å². The van der Waals surface area contributed by atoms with E-state index < -0.39 is 5.60 Å². The van der Waals surface area contributed by atoms with Gasteiger partial charge >= 0.3 is 0 Å². The third kappa shape index (κ3) is 3.96. The van der Waals surface area contributed by atoms with Crippen molar-refractivity contribution in [3.8, 4) is 5.75 Å². The maximum atomic E-state index is 13.6. The van der Waals surface area contributed by atoms with Gasteiger partial charge in [0.15, 0.2) is 0 Å². The minimum Gasteiger partial charge on any atom is -0.481 e. The van der Waals surface area contributed by atoms with Crippen molar-refractivity contribution in [2.75, 3.05) is 0 Å². The zero-order valence-electron chi connectivity index (χ0n) is 17.0. The quantitative estimate of drug-likeness (QED) is 0.562. The smallest absolute Gasteiger partial charge is 0.255 e. The van der Waals surface area contributed by atoms with Gasteiger partial charge in [0.1, 0.15) is 17.2 Å². The molecule has 0 unspecified atom stereocenters. The van der Waals surface area contributed by atoms with Crippen molar-refractivity contribution in [1.29, 1.82) is 0 Å². The molecule has 1 saturated carbocycles. The molecule has 30 heavy (non-hydrogen) atoms.